The van der Waals surface area contributed by atoms with Crippen molar-refractivity contribution >= 4 is 19.4 Å². The zero-order valence-electron chi connectivity index (χ0n) is 15.4. The van der Waals surface area contributed by atoms with Gasteiger partial charge < -0.3 is 9.47 Å². The molecule has 0 aromatic heterocycles. The third-order valence-corrected chi connectivity index (χ3v) is 6.86. The van der Waals surface area contributed by atoms with Crippen LogP contribution >= 0.6 is 0 Å². The Kier molecular flexibility index (Phi) is 4.56. The second-order valence-electron chi connectivity index (χ2n) is 7.34. The first-order valence-corrected chi connectivity index (χ1v) is 11.9. The molecule has 4 heteroatoms. The summed E-state index contributed by atoms with van der Waals surface area (Å²) in [6, 6.07) is 15.7. The number of carbonyl (C=O) groups excluding carboxylic acids is 1. The van der Waals surface area contributed by atoms with E-state index in [9.17, 15) is 4.79 Å². The van der Waals surface area contributed by atoms with Gasteiger partial charge in [-0.1, -0.05) is 49.1 Å². The van der Waals surface area contributed by atoms with Crippen molar-refractivity contribution in [1.29, 1.82) is 0 Å². The summed E-state index contributed by atoms with van der Waals surface area (Å²) in [6.45, 7) is 6.90. The Bertz CT molecular complexity index is 812. The van der Waals surface area contributed by atoms with Crippen LogP contribution in [-0.4, -0.2) is 28.1 Å². The molecule has 130 valence electrons. The van der Waals surface area contributed by atoms with Gasteiger partial charge in [-0.05, 0) is 35.4 Å². The van der Waals surface area contributed by atoms with Gasteiger partial charge in [0.15, 0.2) is 5.78 Å². The van der Waals surface area contributed by atoms with Crippen molar-refractivity contribution in [2.45, 2.75) is 25.6 Å². The molecule has 3 nitrogen and oxygen atoms in total. The minimum atomic E-state index is -1.65. The van der Waals surface area contributed by atoms with E-state index in [2.05, 4.69) is 19.6 Å². The quantitative estimate of drug-likeness (QED) is 0.732. The van der Waals surface area contributed by atoms with E-state index in [1.807, 2.05) is 48.5 Å². The molecule has 1 aliphatic carbocycles. The van der Waals surface area contributed by atoms with Crippen LogP contribution in [0.25, 0.3) is 5.57 Å². The minimum Gasteiger partial charge on any atom is -0.497 e. The molecule has 1 aliphatic rings. The van der Waals surface area contributed by atoms with Gasteiger partial charge in [-0.15, -0.1) is 0 Å². The number of rotatable bonds is 5. The topological polar surface area (TPSA) is 35.5 Å². The lowest BCUT2D eigenvalue weighted by atomic mass is 9.76. The van der Waals surface area contributed by atoms with Crippen LogP contribution in [0.4, 0.5) is 0 Å². The van der Waals surface area contributed by atoms with Crippen molar-refractivity contribution in [3.63, 3.8) is 0 Å². The van der Waals surface area contributed by atoms with Crippen LogP contribution in [0.5, 0.6) is 11.5 Å². The molecule has 0 amide bonds. The number of ketones is 1. The van der Waals surface area contributed by atoms with Gasteiger partial charge in [0.1, 0.15) is 11.5 Å². The SMILES string of the molecule is COc1ccc(C2=C([Si](C)(C)C)[C@@H](c3ccc(OC)cc3)C2=O)cc1. The van der Waals surface area contributed by atoms with E-state index in [-0.39, 0.29) is 11.7 Å². The van der Waals surface area contributed by atoms with Crippen LogP contribution < -0.4 is 9.47 Å². The summed E-state index contributed by atoms with van der Waals surface area (Å²) >= 11 is 0. The highest BCUT2D eigenvalue weighted by Crippen LogP contribution is 2.48. The fourth-order valence-electron chi connectivity index (χ4n) is 3.45. The molecule has 25 heavy (non-hydrogen) atoms. The monoisotopic (exact) mass is 352 g/mol. The van der Waals surface area contributed by atoms with Crippen LogP contribution in [0.2, 0.25) is 19.6 Å². The maximum absolute atomic E-state index is 13.0. The zero-order valence-corrected chi connectivity index (χ0v) is 16.4. The van der Waals surface area contributed by atoms with Crippen LogP contribution in [0.3, 0.4) is 0 Å². The summed E-state index contributed by atoms with van der Waals surface area (Å²) in [5, 5.41) is 1.33. The standard InChI is InChI=1S/C21H24O3Si/c1-23-16-10-6-14(7-11-16)18-20(22)19(21(18)25(3,4)5)15-8-12-17(24-2)13-9-15/h6-13,18H,1-5H3/t18-/m0/s1. The molecule has 0 fully saturated rings. The third-order valence-electron chi connectivity index (χ3n) is 4.70. The predicted molar refractivity (Wildman–Crippen MR) is 104 cm³/mol. The second-order valence-corrected chi connectivity index (χ2v) is 12.4. The Morgan fingerprint density at radius 3 is 1.72 bits per heavy atom. The summed E-state index contributed by atoms with van der Waals surface area (Å²) in [4.78, 5) is 13.0. The van der Waals surface area contributed by atoms with Gasteiger partial charge >= 0.3 is 0 Å². The minimum absolute atomic E-state index is 0.116. The highest BCUT2D eigenvalue weighted by molar-refractivity contribution is 6.87. The molecule has 1 atom stereocenters. The van der Waals surface area contributed by atoms with Crippen molar-refractivity contribution < 1.29 is 14.3 Å². The van der Waals surface area contributed by atoms with E-state index in [1.54, 1.807) is 14.2 Å². The number of methoxy groups -OCH3 is 2. The van der Waals surface area contributed by atoms with Gasteiger partial charge in [-0.2, -0.15) is 0 Å². The van der Waals surface area contributed by atoms with Gasteiger partial charge in [-0.25, -0.2) is 0 Å². The van der Waals surface area contributed by atoms with Gasteiger partial charge in [0.05, 0.1) is 28.2 Å². The Morgan fingerprint density at radius 1 is 0.800 bits per heavy atom. The summed E-state index contributed by atoms with van der Waals surface area (Å²) in [6.07, 6.45) is 0. The van der Waals surface area contributed by atoms with Crippen LogP contribution in [0.1, 0.15) is 17.0 Å². The summed E-state index contributed by atoms with van der Waals surface area (Å²) in [5.74, 6) is 1.71. The molecular formula is C21H24O3Si. The third kappa shape index (κ3) is 3.14. The largest absolute Gasteiger partial charge is 0.497 e. The highest BCUT2D eigenvalue weighted by Gasteiger charge is 2.45. The number of Topliss-reactive ketones (excluding diaryl/α,β-unsaturated/α-hetero) is 1. The van der Waals surface area contributed by atoms with Gasteiger partial charge in [0.25, 0.3) is 0 Å². The number of carbonyl (C=O) groups is 1. The Labute approximate surface area is 150 Å². The van der Waals surface area contributed by atoms with E-state index in [0.717, 1.165) is 28.2 Å². The number of allylic oxidation sites excluding steroid dienone is 2. The maximum atomic E-state index is 13.0. The van der Waals surface area contributed by atoms with Crippen molar-refractivity contribution in [2.75, 3.05) is 14.2 Å². The van der Waals surface area contributed by atoms with Crippen molar-refractivity contribution in [3.8, 4) is 11.5 Å². The van der Waals surface area contributed by atoms with Crippen molar-refractivity contribution in [3.05, 3.63) is 64.9 Å². The zero-order chi connectivity index (χ0) is 18.2. The highest BCUT2D eigenvalue weighted by atomic mass is 28.3. The molecule has 2 aromatic carbocycles. The van der Waals surface area contributed by atoms with Crippen molar-refractivity contribution in [2.24, 2.45) is 0 Å². The normalized spacial score (nSPS) is 17.3. The Hall–Kier alpha value is -2.33. The molecule has 0 unspecified atom stereocenters. The Balaban J connectivity index is 2.06. The molecule has 0 heterocycles. The van der Waals surface area contributed by atoms with E-state index in [0.29, 0.717) is 0 Å². The van der Waals surface area contributed by atoms with E-state index in [4.69, 9.17) is 9.47 Å². The summed E-state index contributed by atoms with van der Waals surface area (Å²) in [7, 11) is 1.65. The van der Waals surface area contributed by atoms with Crippen LogP contribution in [-0.2, 0) is 4.79 Å². The molecule has 2 aromatic rings. The number of hydrogen-bond acceptors (Lipinski definition) is 3. The van der Waals surface area contributed by atoms with Crippen LogP contribution in [0.15, 0.2) is 53.7 Å². The molecule has 3 rings (SSSR count). The molecule has 0 saturated heterocycles. The van der Waals surface area contributed by atoms with Crippen molar-refractivity contribution in [1.82, 2.24) is 0 Å². The average Bonchev–Trinajstić information content (AvgIpc) is 2.60. The molecule has 0 radical (unpaired) electrons. The number of hydrogen-bond donors (Lipinski definition) is 0. The fourth-order valence-corrected chi connectivity index (χ4v) is 5.63. The molecule has 0 aliphatic heterocycles. The van der Waals surface area contributed by atoms with E-state index >= 15 is 0 Å². The lowest BCUT2D eigenvalue weighted by Gasteiger charge is -2.39. The first-order chi connectivity index (χ1) is 11.9. The number of ether oxygens (including phenoxy) is 2. The lowest BCUT2D eigenvalue weighted by molar-refractivity contribution is -0.115. The molecule has 0 spiro atoms. The summed E-state index contributed by atoms with van der Waals surface area (Å²) in [5.41, 5.74) is 2.95. The van der Waals surface area contributed by atoms with Gasteiger partial charge in [-0.3, -0.25) is 4.79 Å². The molecular weight excluding hydrogens is 328 g/mol. The first-order valence-electron chi connectivity index (χ1n) is 8.44. The molecule has 0 saturated carbocycles. The van der Waals surface area contributed by atoms with E-state index < -0.39 is 8.07 Å². The predicted octanol–water partition coefficient (Wildman–Crippen LogP) is 4.70. The fraction of sp³-hybridized carbons (Fsp3) is 0.286. The van der Waals surface area contributed by atoms with Gasteiger partial charge in [0.2, 0.25) is 0 Å². The van der Waals surface area contributed by atoms with E-state index in [1.165, 1.54) is 5.20 Å². The summed E-state index contributed by atoms with van der Waals surface area (Å²) < 4.78 is 10.5. The lowest BCUT2D eigenvalue weighted by Crippen LogP contribution is -2.41. The van der Waals surface area contributed by atoms with Crippen LogP contribution in [0, 0.1) is 0 Å². The molecule has 0 N–H and O–H groups in total. The number of benzene rings is 2. The maximum Gasteiger partial charge on any atom is 0.174 e. The smallest absolute Gasteiger partial charge is 0.174 e. The molecule has 0 bridgehead atoms. The first kappa shape index (κ1) is 17.5. The second kappa shape index (κ2) is 6.52. The Morgan fingerprint density at radius 2 is 1.28 bits per heavy atom. The average molecular weight is 353 g/mol. The van der Waals surface area contributed by atoms with Gasteiger partial charge in [0, 0.05) is 5.57 Å².